The third-order valence-electron chi connectivity index (χ3n) is 3.14. The maximum Gasteiger partial charge on any atom is 0.236 e. The molecule has 1 aliphatic rings. The molecule has 17 heavy (non-hydrogen) atoms. The molecular weight excluding hydrogens is 212 g/mol. The van der Waals surface area contributed by atoms with Gasteiger partial charge in [0, 0.05) is 18.6 Å². The van der Waals surface area contributed by atoms with Crippen molar-refractivity contribution in [2.45, 2.75) is 32.6 Å². The molecule has 1 fully saturated rings. The molecule has 90 valence electrons. The summed E-state index contributed by atoms with van der Waals surface area (Å²) in [5.74, 6) is 0.395. The van der Waals surface area contributed by atoms with Gasteiger partial charge in [-0.3, -0.25) is 4.79 Å². The van der Waals surface area contributed by atoms with Crippen molar-refractivity contribution in [3.63, 3.8) is 0 Å². The Morgan fingerprint density at radius 1 is 1.41 bits per heavy atom. The molecule has 1 aromatic rings. The van der Waals surface area contributed by atoms with E-state index in [-0.39, 0.29) is 5.91 Å². The molecule has 0 aromatic heterocycles. The van der Waals surface area contributed by atoms with Gasteiger partial charge in [-0.05, 0) is 31.2 Å². The van der Waals surface area contributed by atoms with Gasteiger partial charge in [-0.2, -0.15) is 5.10 Å². The van der Waals surface area contributed by atoms with Gasteiger partial charge in [0.05, 0.1) is 0 Å². The first-order valence-corrected chi connectivity index (χ1v) is 6.12. The number of carbonyl (C=O) groups excluding carboxylic acids is 1. The minimum atomic E-state index is -0.0946. The summed E-state index contributed by atoms with van der Waals surface area (Å²) in [6.45, 7) is 1.49. The monoisotopic (exact) mass is 230 g/mol. The molecule has 1 saturated carbocycles. The normalized spacial score (nSPS) is 21.7. The van der Waals surface area contributed by atoms with E-state index >= 15 is 0 Å². The topological polar surface area (TPSA) is 41.5 Å². The van der Waals surface area contributed by atoms with Crippen LogP contribution in [0.4, 0.5) is 0 Å². The molecule has 0 saturated heterocycles. The van der Waals surface area contributed by atoms with Crippen molar-refractivity contribution in [2.75, 3.05) is 0 Å². The van der Waals surface area contributed by atoms with Crippen LogP contribution >= 0.6 is 0 Å². The van der Waals surface area contributed by atoms with E-state index in [2.05, 4.69) is 34.8 Å². The Balaban J connectivity index is 2.00. The van der Waals surface area contributed by atoms with Crippen molar-refractivity contribution < 1.29 is 4.79 Å². The quantitative estimate of drug-likeness (QED) is 0.796. The summed E-state index contributed by atoms with van der Waals surface area (Å²) in [5.41, 5.74) is 5.04. The number of rotatable bonds is 3. The Kier molecular flexibility index (Phi) is 3.91. The Labute approximate surface area is 102 Å². The molecule has 3 heteroatoms. The molecule has 1 N–H and O–H groups in total. The fourth-order valence-corrected chi connectivity index (χ4v) is 2.32. The minimum absolute atomic E-state index is 0.0946. The lowest BCUT2D eigenvalue weighted by Crippen LogP contribution is -2.19. The van der Waals surface area contributed by atoms with Crippen molar-refractivity contribution in [1.82, 2.24) is 5.43 Å². The van der Waals surface area contributed by atoms with E-state index in [1.54, 1.807) is 0 Å². The fourth-order valence-electron chi connectivity index (χ4n) is 2.32. The summed E-state index contributed by atoms with van der Waals surface area (Å²) in [5, 5.41) is 4.22. The van der Waals surface area contributed by atoms with Gasteiger partial charge in [-0.15, -0.1) is 0 Å². The second-order valence-corrected chi connectivity index (χ2v) is 4.55. The maximum atomic E-state index is 10.8. The lowest BCUT2D eigenvalue weighted by atomic mass is 9.97. The summed E-state index contributed by atoms with van der Waals surface area (Å²) in [6.07, 6.45) is 4.39. The van der Waals surface area contributed by atoms with Crippen molar-refractivity contribution in [3.05, 3.63) is 35.9 Å². The van der Waals surface area contributed by atoms with Gasteiger partial charge in [0.1, 0.15) is 0 Å². The highest BCUT2D eigenvalue weighted by Gasteiger charge is 2.22. The third kappa shape index (κ3) is 3.41. The number of hydrazone groups is 1. The standard InChI is InChI=1S/C14H18N2O/c1-11(17)15-16-14-9-5-8-13(14)10-12-6-3-2-4-7-12/h2-4,6-7,13H,5,8-10H2,1H3,(H,15,17)/b16-14-/t13-/m1/s1. The van der Waals surface area contributed by atoms with Crippen LogP contribution in [0, 0.1) is 5.92 Å². The van der Waals surface area contributed by atoms with Crippen LogP contribution in [0.25, 0.3) is 0 Å². The van der Waals surface area contributed by atoms with Crippen LogP contribution in [0.15, 0.2) is 35.4 Å². The fraction of sp³-hybridized carbons (Fsp3) is 0.429. The molecule has 0 radical (unpaired) electrons. The molecule has 0 heterocycles. The van der Waals surface area contributed by atoms with Gasteiger partial charge in [0.15, 0.2) is 0 Å². The Morgan fingerprint density at radius 3 is 2.88 bits per heavy atom. The second kappa shape index (κ2) is 5.62. The van der Waals surface area contributed by atoms with Gasteiger partial charge < -0.3 is 0 Å². The van der Waals surface area contributed by atoms with E-state index in [9.17, 15) is 4.79 Å². The Hall–Kier alpha value is -1.64. The average molecular weight is 230 g/mol. The molecule has 1 amide bonds. The number of carbonyl (C=O) groups is 1. The van der Waals surface area contributed by atoms with E-state index < -0.39 is 0 Å². The van der Waals surface area contributed by atoms with E-state index in [4.69, 9.17) is 0 Å². The van der Waals surface area contributed by atoms with E-state index in [0.29, 0.717) is 5.92 Å². The first-order chi connectivity index (χ1) is 8.25. The molecule has 1 aliphatic carbocycles. The summed E-state index contributed by atoms with van der Waals surface area (Å²) < 4.78 is 0. The zero-order valence-corrected chi connectivity index (χ0v) is 10.1. The van der Waals surface area contributed by atoms with Crippen LogP contribution in [-0.2, 0) is 11.2 Å². The lowest BCUT2D eigenvalue weighted by molar-refractivity contribution is -0.118. The number of amides is 1. The Bertz CT molecular complexity index is 411. The predicted octanol–water partition coefficient (Wildman–Crippen LogP) is 2.52. The molecular formula is C14H18N2O. The molecule has 1 aromatic carbocycles. The van der Waals surface area contributed by atoms with Gasteiger partial charge in [-0.25, -0.2) is 5.43 Å². The smallest absolute Gasteiger partial charge is 0.236 e. The Morgan fingerprint density at radius 2 is 2.18 bits per heavy atom. The van der Waals surface area contributed by atoms with E-state index in [1.807, 2.05) is 6.07 Å². The highest BCUT2D eigenvalue weighted by molar-refractivity contribution is 5.89. The molecule has 2 rings (SSSR count). The van der Waals surface area contributed by atoms with Crippen LogP contribution in [0.1, 0.15) is 31.7 Å². The van der Waals surface area contributed by atoms with Crippen molar-refractivity contribution in [3.8, 4) is 0 Å². The zero-order chi connectivity index (χ0) is 12.1. The molecule has 3 nitrogen and oxygen atoms in total. The van der Waals surface area contributed by atoms with Crippen LogP contribution in [0.2, 0.25) is 0 Å². The molecule has 0 spiro atoms. The van der Waals surface area contributed by atoms with Gasteiger partial charge in [0.25, 0.3) is 0 Å². The third-order valence-corrected chi connectivity index (χ3v) is 3.14. The van der Waals surface area contributed by atoms with Crippen LogP contribution in [0.5, 0.6) is 0 Å². The highest BCUT2D eigenvalue weighted by atomic mass is 16.2. The van der Waals surface area contributed by atoms with Crippen molar-refractivity contribution in [2.24, 2.45) is 11.0 Å². The zero-order valence-electron chi connectivity index (χ0n) is 10.1. The van der Waals surface area contributed by atoms with Crippen molar-refractivity contribution >= 4 is 11.6 Å². The van der Waals surface area contributed by atoms with Crippen molar-refractivity contribution in [1.29, 1.82) is 0 Å². The van der Waals surface area contributed by atoms with E-state index in [1.165, 1.54) is 25.3 Å². The summed E-state index contributed by atoms with van der Waals surface area (Å²) in [7, 11) is 0. The SMILES string of the molecule is CC(=O)N/N=C1/CCC[C@@H]1Cc1ccccc1. The van der Waals surface area contributed by atoms with Crippen LogP contribution in [-0.4, -0.2) is 11.6 Å². The number of nitrogens with zero attached hydrogens (tertiary/aromatic N) is 1. The molecule has 1 atom stereocenters. The summed E-state index contributed by atoms with van der Waals surface area (Å²) in [6, 6.07) is 10.5. The lowest BCUT2D eigenvalue weighted by Gasteiger charge is -2.10. The van der Waals surface area contributed by atoms with Gasteiger partial charge in [-0.1, -0.05) is 30.3 Å². The van der Waals surface area contributed by atoms with E-state index in [0.717, 1.165) is 18.6 Å². The first-order valence-electron chi connectivity index (χ1n) is 6.12. The number of benzene rings is 1. The highest BCUT2D eigenvalue weighted by Crippen LogP contribution is 2.26. The average Bonchev–Trinajstić information content (AvgIpc) is 2.75. The summed E-state index contributed by atoms with van der Waals surface area (Å²) >= 11 is 0. The first kappa shape index (κ1) is 11.8. The number of hydrogen-bond acceptors (Lipinski definition) is 2. The van der Waals surface area contributed by atoms with Gasteiger partial charge >= 0.3 is 0 Å². The molecule has 0 bridgehead atoms. The second-order valence-electron chi connectivity index (χ2n) is 4.55. The van der Waals surface area contributed by atoms with Gasteiger partial charge in [0.2, 0.25) is 5.91 Å². The number of hydrogen-bond donors (Lipinski definition) is 1. The number of nitrogens with one attached hydrogen (secondary N) is 1. The largest absolute Gasteiger partial charge is 0.274 e. The van der Waals surface area contributed by atoms with Crippen LogP contribution < -0.4 is 5.43 Å². The minimum Gasteiger partial charge on any atom is -0.274 e. The van der Waals surface area contributed by atoms with Crippen LogP contribution in [0.3, 0.4) is 0 Å². The molecule has 0 unspecified atom stereocenters. The molecule has 0 aliphatic heterocycles. The summed E-state index contributed by atoms with van der Waals surface area (Å²) in [4.78, 5) is 10.8. The predicted molar refractivity (Wildman–Crippen MR) is 68.7 cm³/mol. The maximum absolute atomic E-state index is 10.8.